The van der Waals surface area contributed by atoms with Gasteiger partial charge in [0.1, 0.15) is 0 Å². The number of carboxylic acid groups (broad SMARTS) is 1. The van der Waals surface area contributed by atoms with Crippen LogP contribution in [-0.2, 0) is 9.53 Å². The third kappa shape index (κ3) is 4.09. The molecule has 6 nitrogen and oxygen atoms in total. The first-order valence-electron chi connectivity index (χ1n) is 7.96. The molecule has 1 saturated carbocycles. The van der Waals surface area contributed by atoms with E-state index in [9.17, 15) is 9.59 Å². The Bertz CT molecular complexity index is 380. The van der Waals surface area contributed by atoms with Crippen LogP contribution in [0.15, 0.2) is 0 Å². The van der Waals surface area contributed by atoms with Gasteiger partial charge in [-0.1, -0.05) is 12.8 Å². The third-order valence-corrected chi connectivity index (χ3v) is 4.58. The normalized spacial score (nSPS) is 24.8. The number of nitrogens with one attached hydrogen (secondary N) is 1. The number of aliphatic carboxylic acids is 1. The zero-order chi connectivity index (χ0) is 15.3. The zero-order valence-electron chi connectivity index (χ0n) is 12.8. The number of carbonyl (C=O) groups is 2. The Hall–Kier alpha value is -1.30. The minimum Gasteiger partial charge on any atom is -0.481 e. The largest absolute Gasteiger partial charge is 0.481 e. The van der Waals surface area contributed by atoms with E-state index in [-0.39, 0.29) is 11.6 Å². The van der Waals surface area contributed by atoms with Gasteiger partial charge < -0.3 is 20.1 Å². The lowest BCUT2D eigenvalue weighted by atomic mass is 9.98. The molecule has 1 saturated heterocycles. The molecule has 0 bridgehead atoms. The monoisotopic (exact) mass is 298 g/mol. The van der Waals surface area contributed by atoms with Crippen molar-refractivity contribution in [2.75, 3.05) is 26.2 Å². The predicted molar refractivity (Wildman–Crippen MR) is 78.2 cm³/mol. The van der Waals surface area contributed by atoms with Crippen molar-refractivity contribution in [3.63, 3.8) is 0 Å². The number of carboxylic acids is 1. The van der Waals surface area contributed by atoms with E-state index in [0.717, 1.165) is 32.1 Å². The maximum atomic E-state index is 12.2. The minimum absolute atomic E-state index is 0.160. The van der Waals surface area contributed by atoms with Crippen LogP contribution in [0.5, 0.6) is 0 Å². The van der Waals surface area contributed by atoms with Crippen LogP contribution in [0, 0.1) is 5.92 Å². The Morgan fingerprint density at radius 3 is 2.67 bits per heavy atom. The van der Waals surface area contributed by atoms with E-state index >= 15 is 0 Å². The van der Waals surface area contributed by atoms with Crippen molar-refractivity contribution >= 4 is 12.0 Å². The molecule has 120 valence electrons. The Morgan fingerprint density at radius 2 is 2.05 bits per heavy atom. The second-order valence-electron chi connectivity index (χ2n) is 6.11. The molecule has 0 radical (unpaired) electrons. The first-order chi connectivity index (χ1) is 10.1. The second kappa shape index (κ2) is 7.11. The SMILES string of the molecule is CCOC1(CNC(=O)N2CCCC(C(=O)O)C2)CCCC1. The average molecular weight is 298 g/mol. The van der Waals surface area contributed by atoms with Gasteiger partial charge >= 0.3 is 12.0 Å². The Morgan fingerprint density at radius 1 is 1.33 bits per heavy atom. The molecule has 1 aliphatic carbocycles. The lowest BCUT2D eigenvalue weighted by molar-refractivity contribution is -0.143. The molecular formula is C15H26N2O4. The molecule has 2 rings (SSSR count). The van der Waals surface area contributed by atoms with Crippen LogP contribution in [0.25, 0.3) is 0 Å². The highest BCUT2D eigenvalue weighted by Gasteiger charge is 2.36. The summed E-state index contributed by atoms with van der Waals surface area (Å²) in [6, 6.07) is -0.160. The number of ether oxygens (including phenoxy) is 1. The van der Waals surface area contributed by atoms with E-state index < -0.39 is 11.9 Å². The molecule has 0 aromatic rings. The van der Waals surface area contributed by atoms with Crippen LogP contribution in [0.3, 0.4) is 0 Å². The van der Waals surface area contributed by atoms with Gasteiger partial charge in [0.2, 0.25) is 0 Å². The lowest BCUT2D eigenvalue weighted by Gasteiger charge is -2.33. The van der Waals surface area contributed by atoms with Gasteiger partial charge in [0.25, 0.3) is 0 Å². The number of urea groups is 1. The smallest absolute Gasteiger partial charge is 0.317 e. The topological polar surface area (TPSA) is 78.9 Å². The fraction of sp³-hybridized carbons (Fsp3) is 0.867. The standard InChI is InChI=1S/C15H26N2O4/c1-2-21-15(7-3-4-8-15)11-16-14(20)17-9-5-6-12(10-17)13(18)19/h12H,2-11H2,1H3,(H,16,20)(H,18,19). The molecule has 1 aliphatic heterocycles. The first-order valence-corrected chi connectivity index (χ1v) is 7.96. The maximum Gasteiger partial charge on any atom is 0.317 e. The highest BCUT2D eigenvalue weighted by Crippen LogP contribution is 2.32. The first kappa shape index (κ1) is 16.1. The van der Waals surface area contributed by atoms with Gasteiger partial charge in [-0.15, -0.1) is 0 Å². The van der Waals surface area contributed by atoms with E-state index in [1.165, 1.54) is 0 Å². The minimum atomic E-state index is -0.811. The summed E-state index contributed by atoms with van der Waals surface area (Å²) in [5, 5.41) is 12.0. The van der Waals surface area contributed by atoms with Crippen LogP contribution in [0.2, 0.25) is 0 Å². The van der Waals surface area contributed by atoms with E-state index in [0.29, 0.717) is 32.7 Å². The van der Waals surface area contributed by atoms with Gasteiger partial charge in [-0.25, -0.2) is 4.79 Å². The molecule has 2 fully saturated rings. The number of rotatable bonds is 5. The van der Waals surface area contributed by atoms with Gasteiger partial charge in [0, 0.05) is 26.2 Å². The molecule has 0 aromatic heterocycles. The summed E-state index contributed by atoms with van der Waals surface area (Å²) in [7, 11) is 0. The Labute approximate surface area is 125 Å². The number of hydrogen-bond acceptors (Lipinski definition) is 3. The maximum absolute atomic E-state index is 12.2. The number of amides is 2. The van der Waals surface area contributed by atoms with Crippen LogP contribution >= 0.6 is 0 Å². The Kier molecular flexibility index (Phi) is 5.45. The van der Waals surface area contributed by atoms with Gasteiger partial charge in [-0.2, -0.15) is 0 Å². The average Bonchev–Trinajstić information content (AvgIpc) is 2.94. The Balaban J connectivity index is 1.84. The molecule has 2 aliphatic rings. The number of hydrogen-bond donors (Lipinski definition) is 2. The number of piperidine rings is 1. The second-order valence-corrected chi connectivity index (χ2v) is 6.11. The summed E-state index contributed by atoms with van der Waals surface area (Å²) in [5.74, 6) is -1.24. The molecule has 1 unspecified atom stereocenters. The van der Waals surface area contributed by atoms with E-state index in [2.05, 4.69) is 5.32 Å². The molecule has 6 heteroatoms. The molecular weight excluding hydrogens is 272 g/mol. The van der Waals surface area contributed by atoms with Crippen molar-refractivity contribution in [2.45, 2.75) is 51.0 Å². The van der Waals surface area contributed by atoms with Crippen molar-refractivity contribution in [1.29, 1.82) is 0 Å². The molecule has 0 aromatic carbocycles. The molecule has 2 N–H and O–H groups in total. The fourth-order valence-electron chi connectivity index (χ4n) is 3.41. The summed E-state index contributed by atoms with van der Waals surface area (Å²) in [4.78, 5) is 24.9. The van der Waals surface area contributed by atoms with Crippen molar-refractivity contribution < 1.29 is 19.4 Å². The number of carbonyl (C=O) groups excluding carboxylic acids is 1. The highest BCUT2D eigenvalue weighted by molar-refractivity contribution is 5.76. The van der Waals surface area contributed by atoms with Gasteiger partial charge in [0.05, 0.1) is 11.5 Å². The van der Waals surface area contributed by atoms with Crippen LogP contribution in [0.1, 0.15) is 45.4 Å². The molecule has 2 amide bonds. The van der Waals surface area contributed by atoms with Crippen molar-refractivity contribution in [3.05, 3.63) is 0 Å². The lowest BCUT2D eigenvalue weighted by Crippen LogP contribution is -2.51. The van der Waals surface area contributed by atoms with Crippen LogP contribution in [0.4, 0.5) is 4.79 Å². The van der Waals surface area contributed by atoms with Crippen molar-refractivity contribution in [2.24, 2.45) is 5.92 Å². The molecule has 21 heavy (non-hydrogen) atoms. The summed E-state index contributed by atoms with van der Waals surface area (Å²) < 4.78 is 5.86. The summed E-state index contributed by atoms with van der Waals surface area (Å²) >= 11 is 0. The zero-order valence-corrected chi connectivity index (χ0v) is 12.8. The van der Waals surface area contributed by atoms with Crippen molar-refractivity contribution in [1.82, 2.24) is 10.2 Å². The molecule has 0 spiro atoms. The van der Waals surface area contributed by atoms with E-state index in [1.807, 2.05) is 6.92 Å². The predicted octanol–water partition coefficient (Wildman–Crippen LogP) is 1.84. The third-order valence-electron chi connectivity index (χ3n) is 4.58. The number of likely N-dealkylation sites (tertiary alicyclic amines) is 1. The summed E-state index contributed by atoms with van der Waals surface area (Å²) in [6.07, 6.45) is 5.65. The van der Waals surface area contributed by atoms with E-state index in [1.54, 1.807) is 4.90 Å². The summed E-state index contributed by atoms with van der Waals surface area (Å²) in [6.45, 7) is 4.10. The van der Waals surface area contributed by atoms with Crippen molar-refractivity contribution in [3.8, 4) is 0 Å². The van der Waals surface area contributed by atoms with E-state index in [4.69, 9.17) is 9.84 Å². The molecule has 1 heterocycles. The summed E-state index contributed by atoms with van der Waals surface area (Å²) in [5.41, 5.74) is -0.216. The fourth-order valence-corrected chi connectivity index (χ4v) is 3.41. The quantitative estimate of drug-likeness (QED) is 0.812. The van der Waals surface area contributed by atoms with Crippen LogP contribution in [-0.4, -0.2) is 53.8 Å². The van der Waals surface area contributed by atoms with Gasteiger partial charge in [-0.3, -0.25) is 4.79 Å². The van der Waals surface area contributed by atoms with Gasteiger partial charge in [0.15, 0.2) is 0 Å². The number of nitrogens with zero attached hydrogens (tertiary/aromatic N) is 1. The van der Waals surface area contributed by atoms with Gasteiger partial charge in [-0.05, 0) is 32.6 Å². The van der Waals surface area contributed by atoms with Crippen LogP contribution < -0.4 is 5.32 Å². The highest BCUT2D eigenvalue weighted by atomic mass is 16.5. The molecule has 1 atom stereocenters.